The van der Waals surface area contributed by atoms with Crippen LogP contribution in [0.1, 0.15) is 29.9 Å². The van der Waals surface area contributed by atoms with Gasteiger partial charge in [-0.3, -0.25) is 4.79 Å². The van der Waals surface area contributed by atoms with Gasteiger partial charge < -0.3 is 30.0 Å². The number of fused-ring (bicyclic) bond motifs is 3. The Balaban J connectivity index is 1.29. The maximum absolute atomic E-state index is 13.2. The summed E-state index contributed by atoms with van der Waals surface area (Å²) in [6, 6.07) is 16.0. The van der Waals surface area contributed by atoms with Crippen molar-refractivity contribution in [1.82, 2.24) is 10.6 Å². The van der Waals surface area contributed by atoms with Crippen molar-refractivity contribution in [3.05, 3.63) is 59.7 Å². The third-order valence-corrected chi connectivity index (χ3v) is 6.93. The first-order valence-corrected chi connectivity index (χ1v) is 11.3. The van der Waals surface area contributed by atoms with E-state index in [4.69, 9.17) is 14.2 Å². The van der Waals surface area contributed by atoms with Crippen LogP contribution in [-0.2, 0) is 23.8 Å². The molecule has 2 fully saturated rings. The van der Waals surface area contributed by atoms with Gasteiger partial charge in [0.05, 0.1) is 13.2 Å². The van der Waals surface area contributed by atoms with Gasteiger partial charge in [0.25, 0.3) is 0 Å². The molecule has 2 heterocycles. The van der Waals surface area contributed by atoms with Crippen molar-refractivity contribution >= 4 is 18.0 Å². The SMILES string of the molecule is O=C(NC1(C(=O)NC2(C(=O)O)CCOC2)CCOC1)OCC1c2ccccc2-c2ccccc21. The standard InChI is InChI=1S/C25H26N2O7/c28-21(26-25(22(29)30)10-12-33-15-25)24(9-11-32-14-24)27-23(31)34-13-20-18-7-3-1-5-16(18)17-6-2-4-8-19(17)20/h1-8,20H,9-15H2,(H,26,28)(H,27,31)(H,29,30). The molecule has 9 heteroatoms. The summed E-state index contributed by atoms with van der Waals surface area (Å²) in [5, 5.41) is 14.9. The molecule has 0 bridgehead atoms. The number of ether oxygens (including phenoxy) is 3. The van der Waals surface area contributed by atoms with E-state index in [9.17, 15) is 19.5 Å². The highest BCUT2D eigenvalue weighted by Gasteiger charge is 2.51. The molecule has 2 aromatic rings. The van der Waals surface area contributed by atoms with E-state index in [-0.39, 0.29) is 51.8 Å². The number of hydrogen-bond acceptors (Lipinski definition) is 6. The summed E-state index contributed by atoms with van der Waals surface area (Å²) in [7, 11) is 0. The highest BCUT2D eigenvalue weighted by molar-refractivity contribution is 5.95. The Morgan fingerprint density at radius 2 is 1.44 bits per heavy atom. The molecule has 0 spiro atoms. The van der Waals surface area contributed by atoms with Crippen molar-refractivity contribution in [3.8, 4) is 11.1 Å². The van der Waals surface area contributed by atoms with Crippen LogP contribution in [0.5, 0.6) is 0 Å². The van der Waals surface area contributed by atoms with E-state index in [1.165, 1.54) is 0 Å². The molecule has 2 aliphatic heterocycles. The zero-order valence-corrected chi connectivity index (χ0v) is 18.5. The van der Waals surface area contributed by atoms with E-state index in [1.807, 2.05) is 36.4 Å². The van der Waals surface area contributed by atoms with Crippen LogP contribution >= 0.6 is 0 Å². The number of rotatable bonds is 6. The minimum absolute atomic E-state index is 0.0699. The number of carbonyl (C=O) groups is 3. The minimum atomic E-state index is -1.52. The molecule has 2 saturated heterocycles. The zero-order chi connectivity index (χ0) is 23.8. The average molecular weight is 466 g/mol. The fourth-order valence-corrected chi connectivity index (χ4v) is 4.95. The van der Waals surface area contributed by atoms with Gasteiger partial charge in [-0.2, -0.15) is 0 Å². The first-order valence-electron chi connectivity index (χ1n) is 11.3. The molecule has 0 radical (unpaired) electrons. The first-order chi connectivity index (χ1) is 16.4. The lowest BCUT2D eigenvalue weighted by Gasteiger charge is -2.32. The molecule has 2 atom stereocenters. The highest BCUT2D eigenvalue weighted by atomic mass is 16.6. The number of carbonyl (C=O) groups excluding carboxylic acids is 2. The Morgan fingerprint density at radius 3 is 1.97 bits per heavy atom. The fraction of sp³-hybridized carbons (Fsp3) is 0.400. The van der Waals surface area contributed by atoms with Crippen LogP contribution in [0.2, 0.25) is 0 Å². The van der Waals surface area contributed by atoms with E-state index >= 15 is 0 Å². The lowest BCUT2D eigenvalue weighted by Crippen LogP contribution is -2.66. The van der Waals surface area contributed by atoms with Gasteiger partial charge in [0, 0.05) is 32.0 Å². The van der Waals surface area contributed by atoms with E-state index in [2.05, 4.69) is 22.8 Å². The maximum atomic E-state index is 13.2. The summed E-state index contributed by atoms with van der Waals surface area (Å²) in [6.45, 7) is 0.393. The second-order valence-corrected chi connectivity index (χ2v) is 8.98. The molecule has 3 N–H and O–H groups in total. The topological polar surface area (TPSA) is 123 Å². The Labute approximate surface area is 196 Å². The van der Waals surface area contributed by atoms with Crippen molar-refractivity contribution in [1.29, 1.82) is 0 Å². The lowest BCUT2D eigenvalue weighted by atomic mass is 9.93. The second kappa shape index (κ2) is 8.73. The number of benzene rings is 2. The number of hydrogen-bond donors (Lipinski definition) is 3. The van der Waals surface area contributed by atoms with E-state index in [0.29, 0.717) is 0 Å². The molecule has 0 aromatic heterocycles. The van der Waals surface area contributed by atoms with E-state index in [0.717, 1.165) is 22.3 Å². The molecular weight excluding hydrogens is 440 g/mol. The second-order valence-electron chi connectivity index (χ2n) is 8.98. The molecule has 5 rings (SSSR count). The molecule has 3 aliphatic rings. The summed E-state index contributed by atoms with van der Waals surface area (Å²) in [4.78, 5) is 37.8. The number of aliphatic carboxylic acids is 1. The van der Waals surface area contributed by atoms with Crippen LogP contribution in [0.25, 0.3) is 11.1 Å². The van der Waals surface area contributed by atoms with Gasteiger partial charge in [0.1, 0.15) is 12.1 Å². The highest BCUT2D eigenvalue weighted by Crippen LogP contribution is 2.44. The Kier molecular flexibility index (Phi) is 5.75. The monoisotopic (exact) mass is 466 g/mol. The Hall–Kier alpha value is -3.43. The Morgan fingerprint density at radius 1 is 0.882 bits per heavy atom. The molecule has 178 valence electrons. The molecular formula is C25H26N2O7. The number of nitrogens with one attached hydrogen (secondary N) is 2. The van der Waals surface area contributed by atoms with Crippen LogP contribution in [-0.4, -0.2) is 67.2 Å². The third kappa shape index (κ3) is 3.80. The van der Waals surface area contributed by atoms with Crippen LogP contribution in [0.4, 0.5) is 4.79 Å². The van der Waals surface area contributed by atoms with Crippen molar-refractivity contribution < 1.29 is 33.7 Å². The van der Waals surface area contributed by atoms with Gasteiger partial charge >= 0.3 is 12.1 Å². The molecule has 1 aliphatic carbocycles. The summed E-state index contributed by atoms with van der Waals surface area (Å²) in [5.41, 5.74) is 1.47. The molecule has 2 aromatic carbocycles. The van der Waals surface area contributed by atoms with E-state index < -0.39 is 29.0 Å². The molecule has 2 amide bonds. The number of alkyl carbamates (subject to hydrolysis) is 1. The van der Waals surface area contributed by atoms with Crippen molar-refractivity contribution in [3.63, 3.8) is 0 Å². The van der Waals surface area contributed by atoms with Gasteiger partial charge in [-0.15, -0.1) is 0 Å². The van der Waals surface area contributed by atoms with Crippen molar-refractivity contribution in [2.24, 2.45) is 0 Å². The predicted molar refractivity (Wildman–Crippen MR) is 120 cm³/mol. The summed E-state index contributed by atoms with van der Waals surface area (Å²) in [6.07, 6.45) is -0.398. The van der Waals surface area contributed by atoms with Gasteiger partial charge in [-0.05, 0) is 22.3 Å². The number of carboxylic acid groups (broad SMARTS) is 1. The van der Waals surface area contributed by atoms with Gasteiger partial charge in [0.2, 0.25) is 5.91 Å². The summed E-state index contributed by atoms with van der Waals surface area (Å²) >= 11 is 0. The van der Waals surface area contributed by atoms with Crippen LogP contribution in [0.3, 0.4) is 0 Å². The third-order valence-electron chi connectivity index (χ3n) is 6.93. The fourth-order valence-electron chi connectivity index (χ4n) is 4.95. The number of carboxylic acids is 1. The molecule has 2 unspecified atom stereocenters. The van der Waals surface area contributed by atoms with Gasteiger partial charge in [-0.1, -0.05) is 48.5 Å². The van der Waals surface area contributed by atoms with Crippen molar-refractivity contribution in [2.75, 3.05) is 33.0 Å². The summed E-state index contributed by atoms with van der Waals surface area (Å²) < 4.78 is 16.2. The minimum Gasteiger partial charge on any atom is -0.479 e. The maximum Gasteiger partial charge on any atom is 0.408 e. The molecule has 0 saturated carbocycles. The summed E-state index contributed by atoms with van der Waals surface area (Å²) in [5.74, 6) is -1.91. The van der Waals surface area contributed by atoms with Crippen LogP contribution in [0, 0.1) is 0 Å². The normalized spacial score (nSPS) is 25.4. The lowest BCUT2D eigenvalue weighted by molar-refractivity contribution is -0.148. The molecule has 34 heavy (non-hydrogen) atoms. The van der Waals surface area contributed by atoms with Gasteiger partial charge in [-0.25, -0.2) is 9.59 Å². The van der Waals surface area contributed by atoms with Crippen LogP contribution in [0.15, 0.2) is 48.5 Å². The first kappa shape index (κ1) is 22.4. The Bertz CT molecular complexity index is 1070. The predicted octanol–water partition coefficient (Wildman–Crippen LogP) is 2.04. The van der Waals surface area contributed by atoms with E-state index in [1.54, 1.807) is 0 Å². The quantitative estimate of drug-likeness (QED) is 0.595. The van der Waals surface area contributed by atoms with Gasteiger partial charge in [0.15, 0.2) is 5.54 Å². The average Bonchev–Trinajstić information content (AvgIpc) is 3.57. The van der Waals surface area contributed by atoms with Crippen molar-refractivity contribution in [2.45, 2.75) is 29.8 Å². The largest absolute Gasteiger partial charge is 0.479 e. The zero-order valence-electron chi connectivity index (χ0n) is 18.5. The number of amides is 2. The van der Waals surface area contributed by atoms with Crippen LogP contribution < -0.4 is 10.6 Å². The smallest absolute Gasteiger partial charge is 0.408 e. The molecule has 9 nitrogen and oxygen atoms in total.